The predicted molar refractivity (Wildman–Crippen MR) is 143 cm³/mol. The van der Waals surface area contributed by atoms with Crippen molar-refractivity contribution >= 4 is 34.7 Å². The number of carbonyl (C=O) groups is 4. The van der Waals surface area contributed by atoms with Crippen LogP contribution in [0.1, 0.15) is 39.6 Å². The Bertz CT molecular complexity index is 1350. The van der Waals surface area contributed by atoms with Gasteiger partial charge in [-0.15, -0.1) is 0 Å². The number of nitrogens with one attached hydrogen (secondary N) is 2. The number of morpholine rings is 1. The zero-order valence-corrected chi connectivity index (χ0v) is 21.7. The zero-order valence-electron chi connectivity index (χ0n) is 21.7. The summed E-state index contributed by atoms with van der Waals surface area (Å²) >= 11 is 0. The van der Waals surface area contributed by atoms with E-state index in [-0.39, 0.29) is 24.4 Å². The first kappa shape index (κ1) is 27.8. The van der Waals surface area contributed by atoms with Gasteiger partial charge >= 0.3 is 11.9 Å². The molecule has 11 nitrogen and oxygen atoms in total. The number of carbonyl (C=O) groups excluding carboxylic acids is 2. The minimum absolute atomic E-state index is 0.0364. The molecule has 1 atom stereocenters. The number of aromatic nitrogens is 1. The number of aliphatic carboxylic acids is 2. The van der Waals surface area contributed by atoms with Crippen molar-refractivity contribution in [3.63, 3.8) is 0 Å². The third-order valence-electron chi connectivity index (χ3n) is 6.85. The molecule has 4 N–H and O–H groups in total. The molecule has 1 fully saturated rings. The molecule has 3 heterocycles. The summed E-state index contributed by atoms with van der Waals surface area (Å²) in [5.74, 6) is -3.87. The van der Waals surface area contributed by atoms with E-state index in [1.54, 1.807) is 4.90 Å². The van der Waals surface area contributed by atoms with Gasteiger partial charge in [0, 0.05) is 47.4 Å². The van der Waals surface area contributed by atoms with E-state index in [0.717, 1.165) is 67.0 Å². The molecule has 206 valence electrons. The molecule has 2 amide bonds. The van der Waals surface area contributed by atoms with Crippen LogP contribution in [-0.4, -0.2) is 94.7 Å². The van der Waals surface area contributed by atoms with Crippen molar-refractivity contribution in [2.75, 3.05) is 45.9 Å². The van der Waals surface area contributed by atoms with Gasteiger partial charge in [-0.1, -0.05) is 36.4 Å². The number of hydrogen-bond donors (Lipinski definition) is 4. The van der Waals surface area contributed by atoms with Gasteiger partial charge in [-0.2, -0.15) is 0 Å². The van der Waals surface area contributed by atoms with Crippen LogP contribution in [0.5, 0.6) is 0 Å². The number of H-pyrrole nitrogens is 1. The van der Waals surface area contributed by atoms with Crippen LogP contribution in [-0.2, 0) is 19.1 Å². The minimum Gasteiger partial charge on any atom is -0.473 e. The van der Waals surface area contributed by atoms with Crippen molar-refractivity contribution in [2.45, 2.75) is 19.4 Å². The van der Waals surface area contributed by atoms with Gasteiger partial charge in [-0.3, -0.25) is 14.5 Å². The number of aryl methyl sites for hydroxylation is 1. The fourth-order valence-corrected chi connectivity index (χ4v) is 5.06. The Kier molecular flexibility index (Phi) is 8.95. The summed E-state index contributed by atoms with van der Waals surface area (Å²) in [6.07, 6.45) is 0.880. The molecule has 0 bridgehead atoms. The van der Waals surface area contributed by atoms with Gasteiger partial charge in [0.05, 0.1) is 19.3 Å². The number of carboxylic acids is 2. The molecule has 1 unspecified atom stereocenters. The van der Waals surface area contributed by atoms with Crippen molar-refractivity contribution in [1.82, 2.24) is 20.1 Å². The van der Waals surface area contributed by atoms with Gasteiger partial charge in [0.1, 0.15) is 6.54 Å². The Hall–Kier alpha value is -4.22. The molecule has 0 aliphatic carbocycles. The van der Waals surface area contributed by atoms with Gasteiger partial charge in [0.15, 0.2) is 0 Å². The molecule has 1 aromatic heterocycles. The number of carboxylic acid groups (broad SMARTS) is 2. The molecule has 11 heteroatoms. The lowest BCUT2D eigenvalue weighted by atomic mass is 9.95. The van der Waals surface area contributed by atoms with E-state index in [1.807, 2.05) is 49.4 Å². The number of benzene rings is 2. The first-order valence-corrected chi connectivity index (χ1v) is 12.8. The Morgan fingerprint density at radius 2 is 1.69 bits per heavy atom. The highest BCUT2D eigenvalue weighted by molar-refractivity contribution is 6.27. The highest BCUT2D eigenvalue weighted by atomic mass is 16.5. The number of aromatic amines is 1. The maximum absolute atomic E-state index is 13.3. The van der Waals surface area contributed by atoms with E-state index in [4.69, 9.17) is 24.5 Å². The van der Waals surface area contributed by atoms with Crippen molar-refractivity contribution in [3.05, 3.63) is 70.9 Å². The summed E-state index contributed by atoms with van der Waals surface area (Å²) in [6, 6.07) is 15.5. The summed E-state index contributed by atoms with van der Waals surface area (Å²) < 4.78 is 5.38. The van der Waals surface area contributed by atoms with Crippen molar-refractivity contribution in [2.24, 2.45) is 0 Å². The number of para-hydroxylation sites is 1. The second-order valence-electron chi connectivity index (χ2n) is 9.40. The molecule has 0 spiro atoms. The Balaban J connectivity index is 0.000000531. The number of ether oxygens (including phenoxy) is 1. The van der Waals surface area contributed by atoms with E-state index < -0.39 is 11.9 Å². The summed E-state index contributed by atoms with van der Waals surface area (Å²) in [5, 5.41) is 18.9. The first-order chi connectivity index (χ1) is 18.8. The second-order valence-corrected chi connectivity index (χ2v) is 9.40. The van der Waals surface area contributed by atoms with Crippen LogP contribution in [0.25, 0.3) is 10.9 Å². The quantitative estimate of drug-likeness (QED) is 0.264. The van der Waals surface area contributed by atoms with Crippen molar-refractivity contribution in [3.8, 4) is 0 Å². The van der Waals surface area contributed by atoms with Crippen LogP contribution < -0.4 is 5.32 Å². The molecule has 2 aliphatic rings. The summed E-state index contributed by atoms with van der Waals surface area (Å²) in [6.45, 7) is 7.05. The lowest BCUT2D eigenvalue weighted by Gasteiger charge is -2.27. The predicted octanol–water partition coefficient (Wildman–Crippen LogP) is 2.02. The average Bonchev–Trinajstić information content (AvgIpc) is 3.40. The lowest BCUT2D eigenvalue weighted by molar-refractivity contribution is -0.159. The second kappa shape index (κ2) is 12.5. The fourth-order valence-electron chi connectivity index (χ4n) is 5.06. The van der Waals surface area contributed by atoms with E-state index >= 15 is 0 Å². The monoisotopic (exact) mass is 536 g/mol. The van der Waals surface area contributed by atoms with Gasteiger partial charge in [-0.25, -0.2) is 9.59 Å². The zero-order chi connectivity index (χ0) is 27.9. The van der Waals surface area contributed by atoms with Crippen LogP contribution in [0.15, 0.2) is 48.5 Å². The van der Waals surface area contributed by atoms with Crippen LogP contribution in [0, 0.1) is 6.92 Å². The first-order valence-electron chi connectivity index (χ1n) is 12.8. The summed E-state index contributed by atoms with van der Waals surface area (Å²) in [4.78, 5) is 51.9. The highest BCUT2D eigenvalue weighted by Gasteiger charge is 2.40. The number of rotatable bonds is 7. The Morgan fingerprint density at radius 1 is 1.03 bits per heavy atom. The van der Waals surface area contributed by atoms with E-state index in [1.165, 1.54) is 0 Å². The third kappa shape index (κ3) is 6.44. The summed E-state index contributed by atoms with van der Waals surface area (Å²) in [5.41, 5.74) is 4.74. The highest BCUT2D eigenvalue weighted by Crippen LogP contribution is 2.42. The largest absolute Gasteiger partial charge is 0.473 e. The molecule has 0 radical (unpaired) electrons. The van der Waals surface area contributed by atoms with Crippen molar-refractivity contribution < 1.29 is 34.1 Å². The van der Waals surface area contributed by atoms with Gasteiger partial charge in [0.25, 0.3) is 5.91 Å². The molecule has 39 heavy (non-hydrogen) atoms. The number of amides is 2. The Morgan fingerprint density at radius 3 is 2.41 bits per heavy atom. The molecular weight excluding hydrogens is 504 g/mol. The van der Waals surface area contributed by atoms with Crippen LogP contribution in [0.3, 0.4) is 0 Å². The van der Waals surface area contributed by atoms with Gasteiger partial charge < -0.3 is 30.2 Å². The lowest BCUT2D eigenvalue weighted by Crippen LogP contribution is -2.41. The van der Waals surface area contributed by atoms with Gasteiger partial charge in [-0.05, 0) is 37.6 Å². The smallest absolute Gasteiger partial charge is 0.414 e. The van der Waals surface area contributed by atoms with E-state index in [0.29, 0.717) is 12.1 Å². The SMILES string of the molecule is Cc1[nH]c2ccccc2c1C1c2ccccc2C(=O)N1CC(=O)NCCCN1CCOCC1.O=C(O)C(=O)O. The van der Waals surface area contributed by atoms with Crippen LogP contribution >= 0.6 is 0 Å². The maximum Gasteiger partial charge on any atom is 0.414 e. The Labute approximate surface area is 225 Å². The molecule has 1 saturated heterocycles. The average molecular weight is 537 g/mol. The third-order valence-corrected chi connectivity index (χ3v) is 6.85. The number of nitrogens with zero attached hydrogens (tertiary/aromatic N) is 2. The van der Waals surface area contributed by atoms with E-state index in [2.05, 4.69) is 21.3 Å². The van der Waals surface area contributed by atoms with Gasteiger partial charge in [0.2, 0.25) is 5.91 Å². The minimum atomic E-state index is -1.82. The van der Waals surface area contributed by atoms with E-state index in [9.17, 15) is 9.59 Å². The topological polar surface area (TPSA) is 152 Å². The molecule has 3 aromatic rings. The molecule has 2 aliphatic heterocycles. The van der Waals surface area contributed by atoms with Crippen LogP contribution in [0.2, 0.25) is 0 Å². The molecule has 5 rings (SSSR count). The summed E-state index contributed by atoms with van der Waals surface area (Å²) in [7, 11) is 0. The number of hydrogen-bond acceptors (Lipinski definition) is 6. The molecular formula is C28H32N4O7. The number of fused-ring (bicyclic) bond motifs is 2. The fraction of sp³-hybridized carbons (Fsp3) is 0.357. The molecule has 0 saturated carbocycles. The maximum atomic E-state index is 13.3. The van der Waals surface area contributed by atoms with Crippen LogP contribution in [0.4, 0.5) is 0 Å². The molecule has 2 aromatic carbocycles. The normalized spacial score (nSPS) is 16.9. The van der Waals surface area contributed by atoms with Crippen molar-refractivity contribution in [1.29, 1.82) is 0 Å². The standard InChI is InChI=1S/C26H30N4O3.C2H2O4/c1-18-24(21-9-4-5-10-22(21)28-18)25-19-7-2-3-8-20(19)26(32)30(25)17-23(31)27-11-6-12-29-13-15-33-16-14-29;3-1(4)2(5)6/h2-5,7-10,25,28H,6,11-17H2,1H3,(H,27,31);(H,3,4)(H,5,6).